The van der Waals surface area contributed by atoms with E-state index < -0.39 is 0 Å². The van der Waals surface area contributed by atoms with Gasteiger partial charge in [-0.25, -0.2) is 0 Å². The summed E-state index contributed by atoms with van der Waals surface area (Å²) < 4.78 is 0. The standard InChI is InChI=1S/C18H26ClN3O2/c1-4-18(2,3)22-17(24)14-8-7-13(10-15(14)19)21-16(23)12-6-5-9-20-11-12/h7-8,10,12,20H,4-6,9,11H2,1-3H3,(H,21,23)(H,22,24). The molecule has 1 unspecified atom stereocenters. The van der Waals surface area contributed by atoms with E-state index in [1.54, 1.807) is 18.2 Å². The van der Waals surface area contributed by atoms with Gasteiger partial charge in [-0.1, -0.05) is 18.5 Å². The summed E-state index contributed by atoms with van der Waals surface area (Å²) in [5.41, 5.74) is 0.735. The van der Waals surface area contributed by atoms with Gasteiger partial charge in [0.1, 0.15) is 0 Å². The number of hydrogen-bond acceptors (Lipinski definition) is 3. The van der Waals surface area contributed by atoms with E-state index in [0.29, 0.717) is 22.8 Å². The average molecular weight is 352 g/mol. The van der Waals surface area contributed by atoms with Gasteiger partial charge in [-0.3, -0.25) is 9.59 Å². The van der Waals surface area contributed by atoms with Crippen molar-refractivity contribution in [3.63, 3.8) is 0 Å². The van der Waals surface area contributed by atoms with Gasteiger partial charge in [0.25, 0.3) is 5.91 Å². The molecule has 1 atom stereocenters. The Labute approximate surface area is 148 Å². The summed E-state index contributed by atoms with van der Waals surface area (Å²) >= 11 is 6.24. The number of piperidine rings is 1. The number of benzene rings is 1. The molecule has 2 rings (SSSR count). The molecule has 132 valence electrons. The minimum absolute atomic E-state index is 0.0115. The summed E-state index contributed by atoms with van der Waals surface area (Å²) in [5.74, 6) is -0.241. The van der Waals surface area contributed by atoms with Crippen LogP contribution in [0.5, 0.6) is 0 Å². The van der Waals surface area contributed by atoms with Gasteiger partial charge in [0.2, 0.25) is 5.91 Å². The Bertz CT molecular complexity index is 610. The van der Waals surface area contributed by atoms with Gasteiger partial charge < -0.3 is 16.0 Å². The molecule has 0 saturated carbocycles. The zero-order chi connectivity index (χ0) is 17.7. The molecule has 1 aliphatic rings. The molecule has 1 aromatic carbocycles. The van der Waals surface area contributed by atoms with Crippen molar-refractivity contribution in [3.8, 4) is 0 Å². The molecule has 0 aliphatic carbocycles. The van der Waals surface area contributed by atoms with Gasteiger partial charge >= 0.3 is 0 Å². The topological polar surface area (TPSA) is 70.2 Å². The number of rotatable bonds is 5. The van der Waals surface area contributed by atoms with Crippen molar-refractivity contribution >= 4 is 29.1 Å². The molecule has 1 aromatic rings. The van der Waals surface area contributed by atoms with Crippen molar-refractivity contribution in [2.75, 3.05) is 18.4 Å². The van der Waals surface area contributed by atoms with E-state index in [2.05, 4.69) is 16.0 Å². The van der Waals surface area contributed by atoms with Crippen LogP contribution in [-0.2, 0) is 4.79 Å². The smallest absolute Gasteiger partial charge is 0.253 e. The molecule has 6 heteroatoms. The number of nitrogens with one attached hydrogen (secondary N) is 3. The maximum absolute atomic E-state index is 12.3. The number of amides is 2. The lowest BCUT2D eigenvalue weighted by Gasteiger charge is -2.25. The second-order valence-electron chi connectivity index (χ2n) is 6.92. The molecule has 1 aliphatic heterocycles. The fraction of sp³-hybridized carbons (Fsp3) is 0.556. The van der Waals surface area contributed by atoms with Crippen LogP contribution in [0, 0.1) is 5.92 Å². The number of anilines is 1. The number of carbonyl (C=O) groups is 2. The zero-order valence-corrected chi connectivity index (χ0v) is 15.3. The van der Waals surface area contributed by atoms with Crippen LogP contribution in [0.15, 0.2) is 18.2 Å². The van der Waals surface area contributed by atoms with E-state index in [1.807, 2.05) is 20.8 Å². The lowest BCUT2D eigenvalue weighted by atomic mass is 9.98. The van der Waals surface area contributed by atoms with E-state index >= 15 is 0 Å². The summed E-state index contributed by atoms with van der Waals surface area (Å²) in [4.78, 5) is 24.6. The van der Waals surface area contributed by atoms with Crippen LogP contribution in [0.1, 0.15) is 50.4 Å². The zero-order valence-electron chi connectivity index (χ0n) is 14.5. The van der Waals surface area contributed by atoms with E-state index in [-0.39, 0.29) is 23.3 Å². The van der Waals surface area contributed by atoms with Crippen LogP contribution in [0.2, 0.25) is 5.02 Å². The Morgan fingerprint density at radius 2 is 2.12 bits per heavy atom. The van der Waals surface area contributed by atoms with Gasteiger partial charge in [-0.15, -0.1) is 0 Å². The Balaban J connectivity index is 2.03. The summed E-state index contributed by atoms with van der Waals surface area (Å²) in [6.45, 7) is 7.61. The maximum atomic E-state index is 12.3. The van der Waals surface area contributed by atoms with E-state index in [0.717, 1.165) is 25.8 Å². The molecular weight excluding hydrogens is 326 g/mol. The molecule has 24 heavy (non-hydrogen) atoms. The third-order valence-corrected chi connectivity index (χ3v) is 4.80. The van der Waals surface area contributed by atoms with Crippen LogP contribution in [0.3, 0.4) is 0 Å². The molecular formula is C18H26ClN3O2. The van der Waals surface area contributed by atoms with E-state index in [9.17, 15) is 9.59 Å². The summed E-state index contributed by atoms with van der Waals surface area (Å²) in [7, 11) is 0. The molecule has 1 fully saturated rings. The Kier molecular flexibility index (Phi) is 6.24. The highest BCUT2D eigenvalue weighted by atomic mass is 35.5. The SMILES string of the molecule is CCC(C)(C)NC(=O)c1ccc(NC(=O)C2CCCNC2)cc1Cl. The highest BCUT2D eigenvalue weighted by molar-refractivity contribution is 6.34. The lowest BCUT2D eigenvalue weighted by molar-refractivity contribution is -0.120. The first-order chi connectivity index (χ1) is 11.3. The number of carbonyl (C=O) groups excluding carboxylic acids is 2. The Morgan fingerprint density at radius 3 is 2.71 bits per heavy atom. The Hall–Kier alpha value is -1.59. The number of halogens is 1. The lowest BCUT2D eigenvalue weighted by Crippen LogP contribution is -2.42. The molecule has 1 saturated heterocycles. The predicted octanol–water partition coefficient (Wildman–Crippen LogP) is 3.20. The van der Waals surface area contributed by atoms with Gasteiger partial charge in [0, 0.05) is 17.8 Å². The monoisotopic (exact) mass is 351 g/mol. The highest BCUT2D eigenvalue weighted by Crippen LogP contribution is 2.23. The van der Waals surface area contributed by atoms with Crippen molar-refractivity contribution in [2.45, 2.75) is 45.6 Å². The third-order valence-electron chi connectivity index (χ3n) is 4.48. The molecule has 5 nitrogen and oxygen atoms in total. The molecule has 0 bridgehead atoms. The van der Waals surface area contributed by atoms with Crippen molar-refractivity contribution in [1.29, 1.82) is 0 Å². The fourth-order valence-electron chi connectivity index (χ4n) is 2.56. The largest absolute Gasteiger partial charge is 0.347 e. The molecule has 1 heterocycles. The van der Waals surface area contributed by atoms with Gasteiger partial charge in [0.05, 0.1) is 16.5 Å². The van der Waals surface area contributed by atoms with Crippen LogP contribution in [0.25, 0.3) is 0 Å². The molecule has 0 aromatic heterocycles. The molecule has 2 amide bonds. The van der Waals surface area contributed by atoms with Gasteiger partial charge in [-0.2, -0.15) is 0 Å². The van der Waals surface area contributed by atoms with Crippen molar-refractivity contribution in [2.24, 2.45) is 5.92 Å². The first-order valence-electron chi connectivity index (χ1n) is 8.46. The van der Waals surface area contributed by atoms with E-state index in [1.165, 1.54) is 0 Å². The van der Waals surface area contributed by atoms with Crippen molar-refractivity contribution in [1.82, 2.24) is 10.6 Å². The summed E-state index contributed by atoms with van der Waals surface area (Å²) in [6, 6.07) is 5.00. The van der Waals surface area contributed by atoms with Gasteiger partial charge in [0.15, 0.2) is 0 Å². The molecule has 0 spiro atoms. The second-order valence-corrected chi connectivity index (χ2v) is 7.33. The highest BCUT2D eigenvalue weighted by Gasteiger charge is 2.22. The number of hydrogen-bond donors (Lipinski definition) is 3. The average Bonchev–Trinajstić information content (AvgIpc) is 2.55. The predicted molar refractivity (Wildman–Crippen MR) is 97.5 cm³/mol. The first kappa shape index (κ1) is 18.7. The van der Waals surface area contributed by atoms with Crippen molar-refractivity contribution in [3.05, 3.63) is 28.8 Å². The fourth-order valence-corrected chi connectivity index (χ4v) is 2.83. The molecule has 3 N–H and O–H groups in total. The summed E-state index contributed by atoms with van der Waals surface area (Å²) in [5, 5.41) is 9.40. The normalized spacial score (nSPS) is 18.1. The second kappa shape index (κ2) is 7.99. The first-order valence-corrected chi connectivity index (χ1v) is 8.84. The third kappa shape index (κ3) is 4.95. The van der Waals surface area contributed by atoms with Crippen LogP contribution < -0.4 is 16.0 Å². The quantitative estimate of drug-likeness (QED) is 0.763. The maximum Gasteiger partial charge on any atom is 0.253 e. The minimum atomic E-state index is -0.290. The van der Waals surface area contributed by atoms with Crippen molar-refractivity contribution < 1.29 is 9.59 Å². The van der Waals surface area contributed by atoms with Crippen LogP contribution in [0.4, 0.5) is 5.69 Å². The van der Waals surface area contributed by atoms with Crippen LogP contribution >= 0.6 is 11.6 Å². The Morgan fingerprint density at radius 1 is 1.38 bits per heavy atom. The van der Waals surface area contributed by atoms with Crippen LogP contribution in [-0.4, -0.2) is 30.4 Å². The van der Waals surface area contributed by atoms with Gasteiger partial charge in [-0.05, 0) is 57.9 Å². The molecule has 0 radical (unpaired) electrons. The summed E-state index contributed by atoms with van der Waals surface area (Å²) in [6.07, 6.45) is 2.71. The van der Waals surface area contributed by atoms with E-state index in [4.69, 9.17) is 11.6 Å². The minimum Gasteiger partial charge on any atom is -0.347 e.